The number of unbranched alkanes of at least 4 members (excludes halogenated alkanes) is 51. The molecule has 0 aromatic carbocycles. The molecule has 0 bridgehead atoms. The monoisotopic (exact) mass is 1210 g/mol. The Morgan fingerprint density at radius 3 is 1.01 bits per heavy atom. The highest BCUT2D eigenvalue weighted by molar-refractivity contribution is 7.45. The van der Waals surface area contributed by atoms with Gasteiger partial charge in [0.2, 0.25) is 5.91 Å². The molecular weight excluding hydrogens is 1060 g/mol. The van der Waals surface area contributed by atoms with E-state index in [-0.39, 0.29) is 31.5 Å². The van der Waals surface area contributed by atoms with Gasteiger partial charge in [-0.2, -0.15) is 0 Å². The summed E-state index contributed by atoms with van der Waals surface area (Å²) in [5.74, 6) is -0.515. The first-order valence-corrected chi connectivity index (χ1v) is 38.6. The summed E-state index contributed by atoms with van der Waals surface area (Å²) in [6.45, 7) is 6.92. The number of amides is 1. The molecule has 0 saturated heterocycles. The number of likely N-dealkylation sites (N-methyl/N-ethyl adjacent to an activating group) is 1. The van der Waals surface area contributed by atoms with Crippen molar-refractivity contribution in [2.24, 2.45) is 0 Å². The second-order valence-corrected chi connectivity index (χ2v) is 28.2. The number of hydrogen-bond donors (Lipinski definition) is 1. The molecule has 0 aromatic rings. The minimum Gasteiger partial charge on any atom is -0.756 e. The van der Waals surface area contributed by atoms with Gasteiger partial charge in [0, 0.05) is 12.8 Å². The van der Waals surface area contributed by atoms with E-state index in [9.17, 15) is 19.0 Å². The van der Waals surface area contributed by atoms with Gasteiger partial charge < -0.3 is 28.5 Å². The van der Waals surface area contributed by atoms with Gasteiger partial charge in [0.15, 0.2) is 0 Å². The molecule has 1 amide bonds. The maximum Gasteiger partial charge on any atom is 0.306 e. The number of carbonyl (C=O) groups is 2. The maximum absolute atomic E-state index is 13.6. The Labute approximate surface area is 524 Å². The van der Waals surface area contributed by atoms with Gasteiger partial charge in [-0.1, -0.05) is 341 Å². The van der Waals surface area contributed by atoms with Crippen LogP contribution in [0, 0.1) is 0 Å². The van der Waals surface area contributed by atoms with Crippen molar-refractivity contribution < 1.29 is 37.3 Å². The first-order chi connectivity index (χ1) is 40.9. The number of phosphoric ester groups is 1. The first-order valence-electron chi connectivity index (χ1n) is 37.1. The maximum atomic E-state index is 13.6. The molecule has 0 aliphatic rings. The van der Waals surface area contributed by atoms with Gasteiger partial charge in [-0.15, -0.1) is 0 Å². The molecule has 0 aliphatic carbocycles. The summed E-state index contributed by atoms with van der Waals surface area (Å²) in [5, 5.41) is 3.05. The average molecular weight is 1210 g/mol. The quantitative estimate of drug-likeness (QED) is 0.0212. The smallest absolute Gasteiger partial charge is 0.306 e. The Balaban J connectivity index is 4.98. The zero-order chi connectivity index (χ0) is 61.4. The summed E-state index contributed by atoms with van der Waals surface area (Å²) >= 11 is 0. The molecule has 0 fully saturated rings. The van der Waals surface area contributed by atoms with E-state index in [4.69, 9.17) is 13.8 Å². The summed E-state index contributed by atoms with van der Waals surface area (Å²) in [6.07, 6.45) is 78.8. The summed E-state index contributed by atoms with van der Waals surface area (Å²) < 4.78 is 30.5. The molecule has 9 nitrogen and oxygen atoms in total. The Morgan fingerprint density at radius 1 is 0.405 bits per heavy atom. The number of allylic oxidation sites excluding steroid dienone is 3. The number of hydrogen-bond acceptors (Lipinski definition) is 7. The fraction of sp³-hybridized carbons (Fsp3) is 0.919. The molecule has 0 aliphatic heterocycles. The van der Waals surface area contributed by atoms with Gasteiger partial charge in [0.1, 0.15) is 19.3 Å². The molecule has 0 rings (SSSR count). The summed E-state index contributed by atoms with van der Waals surface area (Å²) in [4.78, 5) is 40.2. The highest BCUT2D eigenvalue weighted by Crippen LogP contribution is 2.38. The lowest BCUT2D eigenvalue weighted by Gasteiger charge is -2.30. The minimum absolute atomic E-state index is 0.0177. The van der Waals surface area contributed by atoms with Crippen LogP contribution in [-0.4, -0.2) is 69.4 Å². The SMILES string of the molecule is CCCCCCCC/C=C/CCCCCCCCCCCCCCCCCC(=O)NC(COP(=O)([O-])OCC[N+](C)(C)C)C(/C=C/CCCCCCCCCCCC)OC(=O)CCCCCCCCCCCCCCCCCCCCCCC. The van der Waals surface area contributed by atoms with Crippen molar-refractivity contribution in [3.63, 3.8) is 0 Å². The molecule has 498 valence electrons. The zero-order valence-corrected chi connectivity index (χ0v) is 58.0. The van der Waals surface area contributed by atoms with Crippen LogP contribution < -0.4 is 10.2 Å². The third kappa shape index (κ3) is 64.9. The topological polar surface area (TPSA) is 114 Å². The van der Waals surface area contributed by atoms with Crippen molar-refractivity contribution in [3.8, 4) is 0 Å². The molecule has 84 heavy (non-hydrogen) atoms. The van der Waals surface area contributed by atoms with Crippen LogP contribution in [0.25, 0.3) is 0 Å². The van der Waals surface area contributed by atoms with Gasteiger partial charge in [-0.25, -0.2) is 0 Å². The fourth-order valence-electron chi connectivity index (χ4n) is 11.4. The van der Waals surface area contributed by atoms with E-state index in [2.05, 4.69) is 38.2 Å². The molecule has 0 heterocycles. The Bertz CT molecular complexity index is 1480. The number of ether oxygens (including phenoxy) is 1. The van der Waals surface area contributed by atoms with Crippen LogP contribution in [-0.2, 0) is 27.9 Å². The molecule has 0 aromatic heterocycles. The van der Waals surface area contributed by atoms with Crippen LogP contribution in [0.15, 0.2) is 24.3 Å². The predicted molar refractivity (Wildman–Crippen MR) is 363 cm³/mol. The fourth-order valence-corrected chi connectivity index (χ4v) is 12.1. The molecule has 0 radical (unpaired) electrons. The van der Waals surface area contributed by atoms with E-state index >= 15 is 0 Å². The van der Waals surface area contributed by atoms with E-state index in [1.54, 1.807) is 0 Å². The highest BCUT2D eigenvalue weighted by atomic mass is 31.2. The molecule has 3 unspecified atom stereocenters. The molecule has 3 atom stereocenters. The van der Waals surface area contributed by atoms with Crippen LogP contribution in [0.2, 0.25) is 0 Å². The summed E-state index contributed by atoms with van der Waals surface area (Å²) in [6, 6.07) is -0.883. The number of nitrogens with zero attached hydrogens (tertiary/aromatic N) is 1. The summed E-state index contributed by atoms with van der Waals surface area (Å²) in [5.41, 5.74) is 0. The van der Waals surface area contributed by atoms with Crippen molar-refractivity contribution in [3.05, 3.63) is 24.3 Å². The Kier molecular flexibility index (Phi) is 63.3. The molecular formula is C74H145N2O7P. The van der Waals surface area contributed by atoms with Crippen LogP contribution in [0.4, 0.5) is 0 Å². The lowest BCUT2D eigenvalue weighted by Crippen LogP contribution is -2.47. The Hall–Kier alpha value is -1.51. The third-order valence-corrected chi connectivity index (χ3v) is 18.1. The Morgan fingerprint density at radius 2 is 0.690 bits per heavy atom. The van der Waals surface area contributed by atoms with Crippen molar-refractivity contribution in [2.45, 2.75) is 399 Å². The normalized spacial score (nSPS) is 13.6. The van der Waals surface area contributed by atoms with E-state index in [0.29, 0.717) is 17.4 Å². The van der Waals surface area contributed by atoms with Crippen LogP contribution in [0.3, 0.4) is 0 Å². The molecule has 0 spiro atoms. The van der Waals surface area contributed by atoms with E-state index in [1.807, 2.05) is 33.3 Å². The lowest BCUT2D eigenvalue weighted by molar-refractivity contribution is -0.870. The lowest BCUT2D eigenvalue weighted by atomic mass is 10.0. The van der Waals surface area contributed by atoms with Gasteiger partial charge in [0.05, 0.1) is 33.8 Å². The third-order valence-electron chi connectivity index (χ3n) is 17.1. The number of quaternary nitrogens is 1. The van der Waals surface area contributed by atoms with Crippen molar-refractivity contribution in [2.75, 3.05) is 40.9 Å². The molecule has 1 N–H and O–H groups in total. The van der Waals surface area contributed by atoms with Crippen molar-refractivity contribution in [1.29, 1.82) is 0 Å². The molecule has 10 heteroatoms. The second-order valence-electron chi connectivity index (χ2n) is 26.8. The van der Waals surface area contributed by atoms with Crippen molar-refractivity contribution in [1.82, 2.24) is 5.32 Å². The van der Waals surface area contributed by atoms with Gasteiger partial charge in [-0.05, 0) is 57.4 Å². The number of nitrogens with one attached hydrogen (secondary N) is 1. The number of carbonyl (C=O) groups excluding carboxylic acids is 2. The molecule has 0 saturated carbocycles. The minimum atomic E-state index is -4.70. The van der Waals surface area contributed by atoms with Gasteiger partial charge in [0.25, 0.3) is 7.82 Å². The zero-order valence-electron chi connectivity index (χ0n) is 57.1. The number of esters is 1. The average Bonchev–Trinajstić information content (AvgIpc) is 3.64. The number of phosphoric acid groups is 1. The van der Waals surface area contributed by atoms with Crippen LogP contribution >= 0.6 is 7.82 Å². The predicted octanol–water partition coefficient (Wildman–Crippen LogP) is 23.0. The van der Waals surface area contributed by atoms with Gasteiger partial charge >= 0.3 is 5.97 Å². The number of rotatable bonds is 69. The van der Waals surface area contributed by atoms with E-state index in [0.717, 1.165) is 57.8 Å². The standard InChI is InChI=1S/C74H145N2O7P/c1-7-10-13-16-19-22-25-28-30-32-34-36-37-38-39-41-42-44-46-48-51-54-57-60-63-66-73(77)75-71(70-82-84(79,80)81-69-68-76(4,5)6)72(65-62-59-56-53-50-27-24-21-18-15-12-9-3)83-74(78)67-64-61-58-55-52-49-47-45-43-40-35-33-31-29-26-23-20-17-14-11-8-2/h28,30,62,65,71-72H,7-27,29,31-61,63-64,66-70H2,1-6H3,(H-,75,77,79,80)/b30-28+,65-62+. The van der Waals surface area contributed by atoms with Gasteiger partial charge in [-0.3, -0.25) is 14.2 Å². The van der Waals surface area contributed by atoms with E-state index in [1.165, 1.54) is 295 Å². The van der Waals surface area contributed by atoms with Crippen LogP contribution in [0.1, 0.15) is 387 Å². The van der Waals surface area contributed by atoms with Crippen molar-refractivity contribution >= 4 is 19.7 Å². The van der Waals surface area contributed by atoms with E-state index < -0.39 is 20.0 Å². The second kappa shape index (κ2) is 64.5. The van der Waals surface area contributed by atoms with Crippen LogP contribution in [0.5, 0.6) is 0 Å². The highest BCUT2D eigenvalue weighted by Gasteiger charge is 2.27. The largest absolute Gasteiger partial charge is 0.756 e. The first kappa shape index (κ1) is 82.5. The summed E-state index contributed by atoms with van der Waals surface area (Å²) in [7, 11) is 1.21.